The Morgan fingerprint density at radius 1 is 1.35 bits per heavy atom. The molecule has 17 heavy (non-hydrogen) atoms. The number of carbonyl (C=O) groups excluding carboxylic acids is 1. The maximum absolute atomic E-state index is 11.0. The second-order valence-electron chi connectivity index (χ2n) is 3.99. The second kappa shape index (κ2) is 4.37. The zero-order valence-corrected chi connectivity index (χ0v) is 9.84. The van der Waals surface area contributed by atoms with Gasteiger partial charge in [0.05, 0.1) is 17.8 Å². The third kappa shape index (κ3) is 2.50. The molecule has 0 aromatic carbocycles. The summed E-state index contributed by atoms with van der Waals surface area (Å²) in [5.41, 5.74) is 8.71. The first-order chi connectivity index (χ1) is 8.06. The number of aromatic nitrogens is 3. The standard InChI is InChI=1S/C12H14N4O/c1-8-5-11(6-9(2)15-8)16-10(3-4-14-16)7-12(13)17/h3-6H,7H2,1-2H3,(H2,13,17). The molecule has 1 amide bonds. The number of carbonyl (C=O) groups is 1. The van der Waals surface area contributed by atoms with Crippen LogP contribution in [0.1, 0.15) is 17.1 Å². The highest BCUT2D eigenvalue weighted by molar-refractivity contribution is 5.76. The van der Waals surface area contributed by atoms with Crippen LogP contribution in [0.25, 0.3) is 5.69 Å². The molecule has 0 spiro atoms. The first-order valence-electron chi connectivity index (χ1n) is 5.33. The van der Waals surface area contributed by atoms with E-state index < -0.39 is 0 Å². The van der Waals surface area contributed by atoms with Gasteiger partial charge in [-0.15, -0.1) is 0 Å². The summed E-state index contributed by atoms with van der Waals surface area (Å²) in [6, 6.07) is 5.63. The highest BCUT2D eigenvalue weighted by atomic mass is 16.1. The molecule has 88 valence electrons. The van der Waals surface area contributed by atoms with E-state index in [0.29, 0.717) is 0 Å². The van der Waals surface area contributed by atoms with Crippen molar-refractivity contribution >= 4 is 5.91 Å². The maximum atomic E-state index is 11.0. The normalized spacial score (nSPS) is 10.5. The van der Waals surface area contributed by atoms with Gasteiger partial charge >= 0.3 is 0 Å². The van der Waals surface area contributed by atoms with Gasteiger partial charge < -0.3 is 5.73 Å². The Hall–Kier alpha value is -2.17. The fraction of sp³-hybridized carbons (Fsp3) is 0.250. The van der Waals surface area contributed by atoms with Crippen molar-refractivity contribution in [2.45, 2.75) is 20.3 Å². The van der Waals surface area contributed by atoms with E-state index in [1.165, 1.54) is 0 Å². The maximum Gasteiger partial charge on any atom is 0.223 e. The Labute approximate surface area is 99.3 Å². The fourth-order valence-electron chi connectivity index (χ4n) is 1.81. The lowest BCUT2D eigenvalue weighted by molar-refractivity contribution is -0.117. The Morgan fingerprint density at radius 2 is 2.00 bits per heavy atom. The number of rotatable bonds is 3. The minimum atomic E-state index is -0.366. The molecule has 0 atom stereocenters. The number of amides is 1. The van der Waals surface area contributed by atoms with Crippen LogP contribution in [0, 0.1) is 13.8 Å². The molecule has 0 unspecified atom stereocenters. The van der Waals surface area contributed by atoms with E-state index in [2.05, 4.69) is 10.1 Å². The van der Waals surface area contributed by atoms with Gasteiger partial charge in [0.2, 0.25) is 5.91 Å². The molecular formula is C12H14N4O. The number of nitrogens with zero attached hydrogens (tertiary/aromatic N) is 3. The average molecular weight is 230 g/mol. The fourth-order valence-corrected chi connectivity index (χ4v) is 1.81. The number of hydrogen-bond acceptors (Lipinski definition) is 3. The van der Waals surface area contributed by atoms with Crippen LogP contribution in [0.15, 0.2) is 24.4 Å². The summed E-state index contributed by atoms with van der Waals surface area (Å²) in [5.74, 6) is -0.366. The molecule has 5 heteroatoms. The number of aryl methyl sites for hydroxylation is 2. The molecule has 2 heterocycles. The van der Waals surface area contributed by atoms with Gasteiger partial charge in [0, 0.05) is 17.6 Å². The van der Waals surface area contributed by atoms with E-state index in [0.717, 1.165) is 22.8 Å². The Morgan fingerprint density at radius 3 is 2.59 bits per heavy atom. The van der Waals surface area contributed by atoms with E-state index >= 15 is 0 Å². The summed E-state index contributed by atoms with van der Waals surface area (Å²) >= 11 is 0. The average Bonchev–Trinajstić information content (AvgIpc) is 2.63. The quantitative estimate of drug-likeness (QED) is 0.851. The molecule has 0 aliphatic rings. The monoisotopic (exact) mass is 230 g/mol. The molecule has 0 saturated heterocycles. The molecule has 0 fully saturated rings. The third-order valence-corrected chi connectivity index (χ3v) is 2.39. The largest absolute Gasteiger partial charge is 0.369 e. The second-order valence-corrected chi connectivity index (χ2v) is 3.99. The minimum absolute atomic E-state index is 0.181. The molecule has 5 nitrogen and oxygen atoms in total. The Bertz CT molecular complexity index is 539. The van der Waals surface area contributed by atoms with Crippen molar-refractivity contribution in [1.82, 2.24) is 14.8 Å². The van der Waals surface area contributed by atoms with Gasteiger partial charge in [-0.2, -0.15) is 5.10 Å². The molecule has 0 aliphatic heterocycles. The predicted molar refractivity (Wildman–Crippen MR) is 63.7 cm³/mol. The van der Waals surface area contributed by atoms with Crippen LogP contribution < -0.4 is 5.73 Å². The van der Waals surface area contributed by atoms with Gasteiger partial charge in [-0.05, 0) is 32.0 Å². The van der Waals surface area contributed by atoms with E-state index in [4.69, 9.17) is 5.73 Å². The summed E-state index contributed by atoms with van der Waals surface area (Å²) in [7, 11) is 0. The zero-order valence-electron chi connectivity index (χ0n) is 9.84. The van der Waals surface area contributed by atoms with Crippen LogP contribution in [0.4, 0.5) is 0 Å². The summed E-state index contributed by atoms with van der Waals surface area (Å²) in [6.07, 6.45) is 1.84. The first-order valence-corrected chi connectivity index (χ1v) is 5.33. The smallest absolute Gasteiger partial charge is 0.223 e. The SMILES string of the molecule is Cc1cc(-n2nccc2CC(N)=O)cc(C)n1. The van der Waals surface area contributed by atoms with Gasteiger partial charge in [-0.3, -0.25) is 9.78 Å². The van der Waals surface area contributed by atoms with E-state index in [-0.39, 0.29) is 12.3 Å². The molecular weight excluding hydrogens is 216 g/mol. The summed E-state index contributed by atoms with van der Waals surface area (Å²) in [6.45, 7) is 3.85. The summed E-state index contributed by atoms with van der Waals surface area (Å²) < 4.78 is 1.71. The van der Waals surface area contributed by atoms with Crippen LogP contribution in [-0.2, 0) is 11.2 Å². The van der Waals surface area contributed by atoms with Crippen LogP contribution in [0.3, 0.4) is 0 Å². The van der Waals surface area contributed by atoms with Crippen molar-refractivity contribution in [3.05, 3.63) is 41.5 Å². The lowest BCUT2D eigenvalue weighted by Crippen LogP contribution is -2.16. The highest BCUT2D eigenvalue weighted by Crippen LogP contribution is 2.13. The van der Waals surface area contributed by atoms with Crippen molar-refractivity contribution in [3.63, 3.8) is 0 Å². The van der Waals surface area contributed by atoms with Gasteiger partial charge in [-0.25, -0.2) is 4.68 Å². The van der Waals surface area contributed by atoms with Gasteiger partial charge in [0.1, 0.15) is 0 Å². The molecule has 2 aromatic heterocycles. The van der Waals surface area contributed by atoms with Crippen LogP contribution >= 0.6 is 0 Å². The van der Waals surface area contributed by atoms with Crippen LogP contribution in [0.2, 0.25) is 0 Å². The summed E-state index contributed by atoms with van der Waals surface area (Å²) in [4.78, 5) is 15.3. The van der Waals surface area contributed by atoms with Gasteiger partial charge in [0.15, 0.2) is 0 Å². The topological polar surface area (TPSA) is 73.8 Å². The number of nitrogens with two attached hydrogens (primary N) is 1. The molecule has 0 saturated carbocycles. The van der Waals surface area contributed by atoms with E-state index in [9.17, 15) is 4.79 Å². The zero-order chi connectivity index (χ0) is 12.4. The van der Waals surface area contributed by atoms with Crippen molar-refractivity contribution in [2.75, 3.05) is 0 Å². The molecule has 2 aromatic rings. The predicted octanol–water partition coefficient (Wildman–Crippen LogP) is 0.912. The lowest BCUT2D eigenvalue weighted by atomic mass is 10.2. The van der Waals surface area contributed by atoms with Crippen LogP contribution in [0.5, 0.6) is 0 Å². The Kier molecular flexibility index (Phi) is 2.91. The van der Waals surface area contributed by atoms with Crippen molar-refractivity contribution < 1.29 is 4.79 Å². The van der Waals surface area contributed by atoms with Gasteiger partial charge in [0.25, 0.3) is 0 Å². The number of pyridine rings is 1. The lowest BCUT2D eigenvalue weighted by Gasteiger charge is -2.08. The van der Waals surface area contributed by atoms with E-state index in [1.807, 2.05) is 26.0 Å². The first kappa shape index (κ1) is 11.3. The molecule has 0 aliphatic carbocycles. The summed E-state index contributed by atoms with van der Waals surface area (Å²) in [5, 5.41) is 4.20. The third-order valence-electron chi connectivity index (χ3n) is 2.39. The van der Waals surface area contributed by atoms with Crippen molar-refractivity contribution in [1.29, 1.82) is 0 Å². The highest BCUT2D eigenvalue weighted by Gasteiger charge is 2.08. The number of primary amides is 1. The van der Waals surface area contributed by atoms with Crippen molar-refractivity contribution in [2.24, 2.45) is 5.73 Å². The molecule has 0 bridgehead atoms. The molecule has 2 N–H and O–H groups in total. The minimum Gasteiger partial charge on any atom is -0.369 e. The van der Waals surface area contributed by atoms with Crippen molar-refractivity contribution in [3.8, 4) is 5.69 Å². The molecule has 2 rings (SSSR count). The molecule has 0 radical (unpaired) electrons. The number of hydrogen-bond donors (Lipinski definition) is 1. The van der Waals surface area contributed by atoms with Gasteiger partial charge in [-0.1, -0.05) is 0 Å². The van der Waals surface area contributed by atoms with E-state index in [1.54, 1.807) is 16.9 Å². The van der Waals surface area contributed by atoms with Crippen LogP contribution in [-0.4, -0.2) is 20.7 Å². The Balaban J connectivity index is 2.45.